The van der Waals surface area contributed by atoms with Crippen molar-refractivity contribution in [2.45, 2.75) is 50.9 Å². The van der Waals surface area contributed by atoms with Crippen LogP contribution in [-0.4, -0.2) is 23.5 Å². The third-order valence-corrected chi connectivity index (χ3v) is 5.03. The Morgan fingerprint density at radius 3 is 2.52 bits per heavy atom. The van der Waals surface area contributed by atoms with Gasteiger partial charge in [0, 0.05) is 19.2 Å². The highest BCUT2D eigenvalue weighted by Crippen LogP contribution is 2.42. The maximum absolute atomic E-state index is 11.9. The predicted molar refractivity (Wildman–Crippen MR) is 80.6 cm³/mol. The molecule has 1 heterocycles. The molecule has 0 radical (unpaired) electrons. The normalized spacial score (nSPS) is 20.1. The van der Waals surface area contributed by atoms with E-state index in [9.17, 15) is 14.7 Å². The van der Waals surface area contributed by atoms with E-state index in [1.54, 1.807) is 11.8 Å². The zero-order valence-electron chi connectivity index (χ0n) is 12.4. The highest BCUT2D eigenvalue weighted by molar-refractivity contribution is 5.94. The number of hydrogen-bond donors (Lipinski definition) is 1. The lowest BCUT2D eigenvalue weighted by atomic mass is 9.69. The molecule has 1 N–H and O–H groups in total. The minimum atomic E-state index is -0.766. The molecule has 1 saturated carbocycles. The molecule has 0 saturated heterocycles. The third kappa shape index (κ3) is 2.23. The fourth-order valence-electron chi connectivity index (χ4n) is 3.79. The molecule has 3 rings (SSSR count). The van der Waals surface area contributed by atoms with Crippen LogP contribution in [0, 0.1) is 0 Å². The number of carboxylic acids is 1. The highest BCUT2D eigenvalue weighted by Gasteiger charge is 2.42. The van der Waals surface area contributed by atoms with Gasteiger partial charge in [-0.2, -0.15) is 0 Å². The van der Waals surface area contributed by atoms with Gasteiger partial charge in [0.25, 0.3) is 0 Å². The average Bonchev–Trinajstić information content (AvgIpc) is 2.91. The summed E-state index contributed by atoms with van der Waals surface area (Å²) in [7, 11) is 0. The monoisotopic (exact) mass is 287 g/mol. The topological polar surface area (TPSA) is 57.6 Å². The number of nitrogens with zero attached hydrogens (tertiary/aromatic N) is 1. The summed E-state index contributed by atoms with van der Waals surface area (Å²) in [4.78, 5) is 25.4. The van der Waals surface area contributed by atoms with Gasteiger partial charge in [0.1, 0.15) is 0 Å². The molecule has 1 fully saturated rings. The lowest BCUT2D eigenvalue weighted by molar-refractivity contribution is -0.145. The Morgan fingerprint density at radius 1 is 1.19 bits per heavy atom. The second-order valence-corrected chi connectivity index (χ2v) is 6.21. The second-order valence-electron chi connectivity index (χ2n) is 6.21. The third-order valence-electron chi connectivity index (χ3n) is 5.03. The smallest absolute Gasteiger partial charge is 0.314 e. The lowest BCUT2D eigenvalue weighted by Crippen LogP contribution is -2.38. The van der Waals surface area contributed by atoms with E-state index in [0.29, 0.717) is 19.4 Å². The fourth-order valence-corrected chi connectivity index (χ4v) is 3.79. The van der Waals surface area contributed by atoms with Gasteiger partial charge >= 0.3 is 5.97 Å². The summed E-state index contributed by atoms with van der Waals surface area (Å²) < 4.78 is 0. The fraction of sp³-hybridized carbons (Fsp3) is 0.529. The lowest BCUT2D eigenvalue weighted by Gasteiger charge is -2.34. The highest BCUT2D eigenvalue weighted by atomic mass is 16.4. The molecular weight excluding hydrogens is 266 g/mol. The number of carbonyl (C=O) groups excluding carboxylic acids is 1. The minimum absolute atomic E-state index is 0.0268. The summed E-state index contributed by atoms with van der Waals surface area (Å²) in [5.74, 6) is -0.701. The van der Waals surface area contributed by atoms with E-state index in [2.05, 4.69) is 0 Å². The van der Waals surface area contributed by atoms with E-state index in [0.717, 1.165) is 42.5 Å². The van der Waals surface area contributed by atoms with E-state index in [1.165, 1.54) is 0 Å². The van der Waals surface area contributed by atoms with Crippen LogP contribution < -0.4 is 4.90 Å². The van der Waals surface area contributed by atoms with Crippen LogP contribution in [0.1, 0.15) is 50.2 Å². The van der Waals surface area contributed by atoms with Crippen molar-refractivity contribution in [3.05, 3.63) is 29.3 Å². The molecule has 0 atom stereocenters. The molecule has 0 unspecified atom stereocenters. The van der Waals surface area contributed by atoms with Crippen LogP contribution in [0.15, 0.2) is 18.2 Å². The van der Waals surface area contributed by atoms with E-state index in [1.807, 2.05) is 18.2 Å². The van der Waals surface area contributed by atoms with Crippen molar-refractivity contribution in [2.75, 3.05) is 11.4 Å². The molecule has 112 valence electrons. The number of aliphatic carboxylic acids is 1. The van der Waals surface area contributed by atoms with Gasteiger partial charge in [-0.1, -0.05) is 31.4 Å². The second kappa shape index (κ2) is 5.17. The van der Waals surface area contributed by atoms with Crippen molar-refractivity contribution in [3.8, 4) is 0 Å². The molecular formula is C17H21NO3. The van der Waals surface area contributed by atoms with E-state index < -0.39 is 11.4 Å². The van der Waals surface area contributed by atoms with E-state index in [-0.39, 0.29) is 5.91 Å². The first-order chi connectivity index (χ1) is 10.0. The maximum atomic E-state index is 11.9. The van der Waals surface area contributed by atoms with Gasteiger partial charge in [-0.3, -0.25) is 9.59 Å². The molecule has 1 aliphatic carbocycles. The number of fused-ring (bicyclic) bond motifs is 1. The van der Waals surface area contributed by atoms with Crippen molar-refractivity contribution in [2.24, 2.45) is 0 Å². The number of amides is 1. The zero-order valence-corrected chi connectivity index (χ0v) is 12.4. The molecule has 2 aliphatic rings. The van der Waals surface area contributed by atoms with Crippen LogP contribution in [0.3, 0.4) is 0 Å². The van der Waals surface area contributed by atoms with Crippen molar-refractivity contribution < 1.29 is 14.7 Å². The molecule has 0 aromatic heterocycles. The van der Waals surface area contributed by atoms with Crippen LogP contribution in [0.25, 0.3) is 0 Å². The van der Waals surface area contributed by atoms with E-state index >= 15 is 0 Å². The average molecular weight is 287 g/mol. The number of hydrogen-bond acceptors (Lipinski definition) is 2. The van der Waals surface area contributed by atoms with Gasteiger partial charge in [0.15, 0.2) is 0 Å². The molecule has 0 spiro atoms. The van der Waals surface area contributed by atoms with E-state index in [4.69, 9.17) is 0 Å². The van der Waals surface area contributed by atoms with Gasteiger partial charge in [-0.15, -0.1) is 0 Å². The number of anilines is 1. The Morgan fingerprint density at radius 2 is 1.90 bits per heavy atom. The quantitative estimate of drug-likeness (QED) is 0.910. The molecule has 1 aromatic rings. The van der Waals surface area contributed by atoms with Crippen LogP contribution in [0.5, 0.6) is 0 Å². The maximum Gasteiger partial charge on any atom is 0.314 e. The number of benzene rings is 1. The van der Waals surface area contributed by atoms with Crippen LogP contribution in [0.2, 0.25) is 0 Å². The molecule has 4 heteroatoms. The number of carbonyl (C=O) groups is 2. The first-order valence-electron chi connectivity index (χ1n) is 7.69. The van der Waals surface area contributed by atoms with Gasteiger partial charge in [0.05, 0.1) is 5.41 Å². The largest absolute Gasteiger partial charge is 0.481 e. The van der Waals surface area contributed by atoms with Crippen molar-refractivity contribution in [1.82, 2.24) is 0 Å². The van der Waals surface area contributed by atoms with Gasteiger partial charge in [0.2, 0.25) is 5.91 Å². The predicted octanol–water partition coefficient (Wildman–Crippen LogP) is 2.88. The Bertz CT molecular complexity index is 588. The summed E-state index contributed by atoms with van der Waals surface area (Å²) in [6.45, 7) is 2.27. The van der Waals surface area contributed by atoms with Crippen LogP contribution in [0.4, 0.5) is 5.69 Å². The first-order valence-corrected chi connectivity index (χ1v) is 7.69. The Hall–Kier alpha value is -1.84. The number of rotatable bonds is 2. The van der Waals surface area contributed by atoms with Gasteiger partial charge in [-0.05, 0) is 36.5 Å². The van der Waals surface area contributed by atoms with Crippen molar-refractivity contribution >= 4 is 17.6 Å². The molecule has 1 amide bonds. The molecule has 1 aliphatic heterocycles. The first kappa shape index (κ1) is 14.1. The minimum Gasteiger partial charge on any atom is -0.481 e. The summed E-state index contributed by atoms with van der Waals surface area (Å²) in [6, 6.07) is 5.91. The zero-order chi connectivity index (χ0) is 15.0. The van der Waals surface area contributed by atoms with Crippen LogP contribution >= 0.6 is 0 Å². The summed E-state index contributed by atoms with van der Waals surface area (Å²) >= 11 is 0. The van der Waals surface area contributed by atoms with Gasteiger partial charge in [-0.25, -0.2) is 0 Å². The SMILES string of the molecule is CC(=O)N1CCc2ccc(C3(C(=O)O)CCCCC3)cc21. The summed E-state index contributed by atoms with van der Waals surface area (Å²) in [5, 5.41) is 9.79. The summed E-state index contributed by atoms with van der Waals surface area (Å²) in [5.41, 5.74) is 2.15. The molecule has 4 nitrogen and oxygen atoms in total. The molecule has 21 heavy (non-hydrogen) atoms. The summed E-state index contributed by atoms with van der Waals surface area (Å²) in [6.07, 6.45) is 5.27. The number of carboxylic acid groups (broad SMARTS) is 1. The van der Waals surface area contributed by atoms with Crippen molar-refractivity contribution in [3.63, 3.8) is 0 Å². The van der Waals surface area contributed by atoms with Gasteiger partial charge < -0.3 is 10.0 Å². The Kier molecular flexibility index (Phi) is 3.47. The molecule has 1 aromatic carbocycles. The standard InChI is InChI=1S/C17H21NO3/c1-12(19)18-10-7-13-5-6-14(11-15(13)18)17(16(20)21)8-3-2-4-9-17/h5-6,11H,2-4,7-10H2,1H3,(H,20,21). The Labute approximate surface area is 124 Å². The Balaban J connectivity index is 2.05. The van der Waals surface area contributed by atoms with Crippen LogP contribution in [-0.2, 0) is 21.4 Å². The molecule has 0 bridgehead atoms. The van der Waals surface area contributed by atoms with Crippen molar-refractivity contribution in [1.29, 1.82) is 0 Å².